The second-order valence-electron chi connectivity index (χ2n) is 4.13. The maximum absolute atomic E-state index is 13.3. The zero-order valence-electron chi connectivity index (χ0n) is 10.6. The van der Waals surface area contributed by atoms with Gasteiger partial charge in [-0.25, -0.2) is 4.39 Å². The molecule has 7 heteroatoms. The molecule has 104 valence electrons. The Morgan fingerprint density at radius 1 is 1.33 bits per heavy atom. The van der Waals surface area contributed by atoms with Gasteiger partial charge in [0.15, 0.2) is 5.78 Å². The lowest BCUT2D eigenvalue weighted by molar-refractivity contribution is -0.385. The van der Waals surface area contributed by atoms with E-state index in [9.17, 15) is 19.3 Å². The molecule has 0 fully saturated rings. The fraction of sp³-hybridized carbons (Fsp3) is 0.0714. The van der Waals surface area contributed by atoms with Crippen molar-refractivity contribution in [2.24, 2.45) is 0 Å². The van der Waals surface area contributed by atoms with Crippen molar-refractivity contribution in [1.82, 2.24) is 4.98 Å². The van der Waals surface area contributed by atoms with Crippen LogP contribution < -0.4 is 0 Å². The number of halogens is 1. The summed E-state index contributed by atoms with van der Waals surface area (Å²) in [5.41, 5.74) is -0.616. The number of Topliss-reactive ketones (excluding diaryl/α,β-unsaturated/α-hetero) is 1. The molecule has 0 radical (unpaired) electrons. The molecule has 1 aromatic carbocycles. The molecule has 0 saturated heterocycles. The van der Waals surface area contributed by atoms with Crippen molar-refractivity contribution in [3.63, 3.8) is 0 Å². The molecule has 0 spiro atoms. The van der Waals surface area contributed by atoms with Crippen molar-refractivity contribution >= 4 is 11.5 Å². The van der Waals surface area contributed by atoms with Crippen molar-refractivity contribution in [1.29, 1.82) is 5.26 Å². The van der Waals surface area contributed by atoms with Crippen LogP contribution in [0.15, 0.2) is 42.7 Å². The van der Waals surface area contributed by atoms with E-state index in [2.05, 4.69) is 4.98 Å². The summed E-state index contributed by atoms with van der Waals surface area (Å²) in [5.74, 6) is -2.86. The molecule has 6 nitrogen and oxygen atoms in total. The van der Waals surface area contributed by atoms with Crippen molar-refractivity contribution < 1.29 is 14.1 Å². The topological polar surface area (TPSA) is 96.9 Å². The predicted molar refractivity (Wildman–Crippen MR) is 70.0 cm³/mol. The molecule has 21 heavy (non-hydrogen) atoms. The molecule has 2 aromatic rings. The van der Waals surface area contributed by atoms with Crippen molar-refractivity contribution in [2.75, 3.05) is 0 Å². The molecule has 0 saturated carbocycles. The molecule has 0 aliphatic rings. The normalized spacial score (nSPS) is 11.4. The SMILES string of the molecule is N#CC(C(=O)c1cc(F)ccc1[N+](=O)[O-])c1ccncc1. The Morgan fingerprint density at radius 2 is 2.00 bits per heavy atom. The molecule has 0 amide bonds. The number of hydrogen-bond donors (Lipinski definition) is 0. The first kappa shape index (κ1) is 14.3. The van der Waals surface area contributed by atoms with Gasteiger partial charge in [0.05, 0.1) is 16.6 Å². The van der Waals surface area contributed by atoms with Gasteiger partial charge in [-0.1, -0.05) is 0 Å². The number of ketones is 1. The van der Waals surface area contributed by atoms with Crippen molar-refractivity contribution in [2.45, 2.75) is 5.92 Å². The van der Waals surface area contributed by atoms with Crippen LogP contribution in [-0.4, -0.2) is 15.7 Å². The zero-order chi connectivity index (χ0) is 15.4. The van der Waals surface area contributed by atoms with Gasteiger partial charge in [0.25, 0.3) is 5.69 Å². The van der Waals surface area contributed by atoms with E-state index in [4.69, 9.17) is 5.26 Å². The van der Waals surface area contributed by atoms with Gasteiger partial charge in [0, 0.05) is 18.5 Å². The van der Waals surface area contributed by atoms with Gasteiger partial charge < -0.3 is 0 Å². The third-order valence-corrected chi connectivity index (χ3v) is 2.85. The fourth-order valence-electron chi connectivity index (χ4n) is 1.86. The highest BCUT2D eigenvalue weighted by molar-refractivity contribution is 6.05. The molecule has 1 aromatic heterocycles. The lowest BCUT2D eigenvalue weighted by atomic mass is 9.91. The van der Waals surface area contributed by atoms with Gasteiger partial charge in [-0.3, -0.25) is 19.9 Å². The van der Waals surface area contributed by atoms with Crippen LogP contribution in [0.5, 0.6) is 0 Å². The van der Waals surface area contributed by atoms with E-state index in [1.54, 1.807) is 6.07 Å². The first-order chi connectivity index (χ1) is 10.0. The standard InChI is InChI=1S/C14H8FN3O3/c15-10-1-2-13(18(20)21)11(7-10)14(19)12(8-16)9-3-5-17-6-4-9/h1-7,12H. The van der Waals surface area contributed by atoms with Crippen LogP contribution in [0.2, 0.25) is 0 Å². The van der Waals surface area contributed by atoms with Gasteiger partial charge in [-0.05, 0) is 29.8 Å². The summed E-state index contributed by atoms with van der Waals surface area (Å²) >= 11 is 0. The summed E-state index contributed by atoms with van der Waals surface area (Å²) < 4.78 is 13.3. The van der Waals surface area contributed by atoms with Crippen molar-refractivity contribution in [3.8, 4) is 6.07 Å². The summed E-state index contributed by atoms with van der Waals surface area (Å²) in [6.45, 7) is 0. The number of nitro benzene ring substituents is 1. The highest BCUT2D eigenvalue weighted by Crippen LogP contribution is 2.26. The maximum Gasteiger partial charge on any atom is 0.280 e. The fourth-order valence-corrected chi connectivity index (χ4v) is 1.86. The zero-order valence-corrected chi connectivity index (χ0v) is 10.6. The van der Waals surface area contributed by atoms with E-state index in [0.717, 1.165) is 18.2 Å². The molecular formula is C14H8FN3O3. The van der Waals surface area contributed by atoms with E-state index in [1.165, 1.54) is 24.5 Å². The van der Waals surface area contributed by atoms with Gasteiger partial charge in [0.1, 0.15) is 11.7 Å². The van der Waals surface area contributed by atoms with Gasteiger partial charge >= 0.3 is 0 Å². The summed E-state index contributed by atoms with van der Waals surface area (Å²) in [6, 6.07) is 7.26. The molecule has 1 atom stereocenters. The average molecular weight is 285 g/mol. The van der Waals surface area contributed by atoms with Crippen LogP contribution in [0, 0.1) is 27.3 Å². The van der Waals surface area contributed by atoms with Gasteiger partial charge in [-0.2, -0.15) is 5.26 Å². The molecule has 0 aliphatic carbocycles. The summed E-state index contributed by atoms with van der Waals surface area (Å²) in [6.07, 6.45) is 2.79. The Balaban J connectivity index is 2.51. The Labute approximate surface area is 118 Å². The summed E-state index contributed by atoms with van der Waals surface area (Å²) in [7, 11) is 0. The second kappa shape index (κ2) is 5.88. The van der Waals surface area contributed by atoms with Gasteiger partial charge in [0.2, 0.25) is 0 Å². The Kier molecular flexibility index (Phi) is 4.00. The third-order valence-electron chi connectivity index (χ3n) is 2.85. The Morgan fingerprint density at radius 3 is 2.57 bits per heavy atom. The quantitative estimate of drug-likeness (QED) is 0.488. The highest BCUT2D eigenvalue weighted by atomic mass is 19.1. The number of nitro groups is 1. The van der Waals surface area contributed by atoms with Crippen LogP contribution in [0.25, 0.3) is 0 Å². The van der Waals surface area contributed by atoms with E-state index < -0.39 is 33.7 Å². The summed E-state index contributed by atoms with van der Waals surface area (Å²) in [5, 5.41) is 20.1. The minimum atomic E-state index is -1.26. The number of benzene rings is 1. The number of aromatic nitrogens is 1. The molecule has 0 aliphatic heterocycles. The number of carbonyl (C=O) groups is 1. The van der Waals surface area contributed by atoms with Gasteiger partial charge in [-0.15, -0.1) is 0 Å². The second-order valence-corrected chi connectivity index (χ2v) is 4.13. The number of carbonyl (C=O) groups excluding carboxylic acids is 1. The minimum absolute atomic E-state index is 0.344. The molecular weight excluding hydrogens is 277 g/mol. The molecule has 1 heterocycles. The molecule has 0 N–H and O–H groups in total. The van der Waals surface area contributed by atoms with Crippen LogP contribution in [0.4, 0.5) is 10.1 Å². The number of hydrogen-bond acceptors (Lipinski definition) is 5. The average Bonchev–Trinajstić information content (AvgIpc) is 2.48. The van der Waals surface area contributed by atoms with Crippen LogP contribution in [0.3, 0.4) is 0 Å². The number of nitriles is 1. The lowest BCUT2D eigenvalue weighted by Gasteiger charge is -2.08. The lowest BCUT2D eigenvalue weighted by Crippen LogP contribution is -2.13. The molecule has 0 bridgehead atoms. The van der Waals surface area contributed by atoms with E-state index in [-0.39, 0.29) is 0 Å². The third kappa shape index (κ3) is 2.90. The Hall–Kier alpha value is -3.14. The van der Waals surface area contributed by atoms with Crippen LogP contribution in [0.1, 0.15) is 21.8 Å². The molecule has 1 unspecified atom stereocenters. The highest BCUT2D eigenvalue weighted by Gasteiger charge is 2.28. The largest absolute Gasteiger partial charge is 0.292 e. The summed E-state index contributed by atoms with van der Waals surface area (Å²) in [4.78, 5) is 26.2. The first-order valence-corrected chi connectivity index (χ1v) is 5.82. The minimum Gasteiger partial charge on any atom is -0.292 e. The van der Waals surface area contributed by atoms with Crippen molar-refractivity contribution in [3.05, 3.63) is 69.8 Å². The maximum atomic E-state index is 13.3. The van der Waals surface area contributed by atoms with Crippen LogP contribution in [-0.2, 0) is 0 Å². The predicted octanol–water partition coefficient (Wildman–Crippen LogP) is 2.62. The van der Waals surface area contributed by atoms with E-state index in [1.807, 2.05) is 0 Å². The van der Waals surface area contributed by atoms with E-state index >= 15 is 0 Å². The monoisotopic (exact) mass is 285 g/mol. The number of rotatable bonds is 4. The molecule has 2 rings (SSSR count). The first-order valence-electron chi connectivity index (χ1n) is 5.82. The number of nitrogens with zero attached hydrogens (tertiary/aromatic N) is 3. The smallest absolute Gasteiger partial charge is 0.280 e. The van der Waals surface area contributed by atoms with E-state index in [0.29, 0.717) is 5.56 Å². The number of pyridine rings is 1. The Bertz CT molecular complexity index is 741. The van der Waals surface area contributed by atoms with Crippen LogP contribution >= 0.6 is 0 Å².